The molecule has 1 aromatic heterocycles. The second-order valence-corrected chi connectivity index (χ2v) is 5.81. The number of hydrogen-bond acceptors (Lipinski definition) is 2. The SMILES string of the molecule is CCC(C)NC(=S)Nc1cnn(Cc2cccc(Cl)c2)c1. The highest BCUT2D eigenvalue weighted by Gasteiger charge is 2.04. The number of anilines is 1. The molecule has 0 fully saturated rings. The van der Waals surface area contributed by atoms with Crippen LogP contribution >= 0.6 is 23.8 Å². The topological polar surface area (TPSA) is 41.9 Å². The normalized spacial score (nSPS) is 12.0. The zero-order valence-electron chi connectivity index (χ0n) is 12.1. The van der Waals surface area contributed by atoms with Crippen LogP contribution in [-0.4, -0.2) is 20.9 Å². The third-order valence-corrected chi connectivity index (χ3v) is 3.57. The highest BCUT2D eigenvalue weighted by Crippen LogP contribution is 2.13. The predicted molar refractivity (Wildman–Crippen MR) is 91.9 cm³/mol. The fraction of sp³-hybridized carbons (Fsp3) is 0.333. The number of nitrogens with one attached hydrogen (secondary N) is 2. The maximum absolute atomic E-state index is 5.98. The number of nitrogens with zero attached hydrogens (tertiary/aromatic N) is 2. The summed E-state index contributed by atoms with van der Waals surface area (Å²) in [5, 5.41) is 12.0. The summed E-state index contributed by atoms with van der Waals surface area (Å²) in [6.45, 7) is 4.88. The first-order valence-corrected chi connectivity index (χ1v) is 7.70. The second kappa shape index (κ2) is 7.43. The third kappa shape index (κ3) is 5.02. The molecule has 2 aromatic rings. The van der Waals surface area contributed by atoms with Crippen LogP contribution in [0, 0.1) is 0 Å². The van der Waals surface area contributed by atoms with Gasteiger partial charge < -0.3 is 10.6 Å². The molecule has 1 unspecified atom stereocenters. The lowest BCUT2D eigenvalue weighted by Crippen LogP contribution is -2.35. The van der Waals surface area contributed by atoms with Crippen molar-refractivity contribution in [2.24, 2.45) is 0 Å². The molecule has 2 N–H and O–H groups in total. The summed E-state index contributed by atoms with van der Waals surface area (Å²) in [6, 6.07) is 8.11. The van der Waals surface area contributed by atoms with Gasteiger partial charge in [-0.2, -0.15) is 5.10 Å². The fourth-order valence-electron chi connectivity index (χ4n) is 1.83. The molecule has 0 aliphatic rings. The Balaban J connectivity index is 1.94. The van der Waals surface area contributed by atoms with Gasteiger partial charge in [-0.15, -0.1) is 0 Å². The molecular weight excluding hydrogens is 304 g/mol. The molecule has 0 aliphatic heterocycles. The second-order valence-electron chi connectivity index (χ2n) is 4.96. The minimum atomic E-state index is 0.353. The Morgan fingerprint density at radius 3 is 3.00 bits per heavy atom. The Labute approximate surface area is 135 Å². The van der Waals surface area contributed by atoms with E-state index in [-0.39, 0.29) is 0 Å². The van der Waals surface area contributed by atoms with Crippen LogP contribution in [0.3, 0.4) is 0 Å². The van der Waals surface area contributed by atoms with Gasteiger partial charge in [0.1, 0.15) is 0 Å². The van der Waals surface area contributed by atoms with Gasteiger partial charge in [-0.1, -0.05) is 30.7 Å². The summed E-state index contributed by atoms with van der Waals surface area (Å²) in [4.78, 5) is 0. The maximum atomic E-state index is 5.98. The summed E-state index contributed by atoms with van der Waals surface area (Å²) in [6.07, 6.45) is 4.70. The molecule has 2 rings (SSSR count). The van der Waals surface area contributed by atoms with Gasteiger partial charge in [-0.05, 0) is 43.3 Å². The zero-order valence-corrected chi connectivity index (χ0v) is 13.7. The number of thiocarbonyl (C=S) groups is 1. The van der Waals surface area contributed by atoms with E-state index in [1.807, 2.05) is 35.1 Å². The number of rotatable bonds is 5. The van der Waals surface area contributed by atoms with Gasteiger partial charge in [0, 0.05) is 17.3 Å². The molecule has 0 saturated heterocycles. The van der Waals surface area contributed by atoms with Crippen LogP contribution in [-0.2, 0) is 6.54 Å². The predicted octanol–water partition coefficient (Wildman–Crippen LogP) is 3.67. The van der Waals surface area contributed by atoms with E-state index in [0.717, 1.165) is 22.7 Å². The minimum absolute atomic E-state index is 0.353. The van der Waals surface area contributed by atoms with Gasteiger partial charge in [0.25, 0.3) is 0 Å². The number of aromatic nitrogens is 2. The van der Waals surface area contributed by atoms with Crippen molar-refractivity contribution in [3.8, 4) is 0 Å². The Kier molecular flexibility index (Phi) is 5.59. The summed E-state index contributed by atoms with van der Waals surface area (Å²) in [5.41, 5.74) is 1.98. The average molecular weight is 323 g/mol. The van der Waals surface area contributed by atoms with Crippen LogP contribution in [0.5, 0.6) is 0 Å². The van der Waals surface area contributed by atoms with E-state index >= 15 is 0 Å². The molecule has 0 spiro atoms. The lowest BCUT2D eigenvalue weighted by atomic mass is 10.2. The van der Waals surface area contributed by atoms with Gasteiger partial charge in [0.2, 0.25) is 0 Å². The maximum Gasteiger partial charge on any atom is 0.171 e. The number of halogens is 1. The largest absolute Gasteiger partial charge is 0.360 e. The van der Waals surface area contributed by atoms with Crippen molar-refractivity contribution in [2.75, 3.05) is 5.32 Å². The molecule has 112 valence electrons. The molecular formula is C15H19ClN4S. The first-order chi connectivity index (χ1) is 10.1. The van der Waals surface area contributed by atoms with Crippen molar-refractivity contribution in [3.05, 3.63) is 47.2 Å². The smallest absolute Gasteiger partial charge is 0.171 e. The first kappa shape index (κ1) is 15.8. The lowest BCUT2D eigenvalue weighted by Gasteiger charge is -2.14. The minimum Gasteiger partial charge on any atom is -0.360 e. The van der Waals surface area contributed by atoms with Crippen LogP contribution in [0.15, 0.2) is 36.7 Å². The van der Waals surface area contributed by atoms with Crippen molar-refractivity contribution in [1.29, 1.82) is 0 Å². The van der Waals surface area contributed by atoms with Crippen LogP contribution in [0.4, 0.5) is 5.69 Å². The van der Waals surface area contributed by atoms with Gasteiger partial charge >= 0.3 is 0 Å². The Morgan fingerprint density at radius 1 is 1.48 bits per heavy atom. The lowest BCUT2D eigenvalue weighted by molar-refractivity contribution is 0.646. The molecule has 1 heterocycles. The summed E-state index contributed by atoms with van der Waals surface area (Å²) < 4.78 is 1.85. The molecule has 1 aromatic carbocycles. The summed E-state index contributed by atoms with van der Waals surface area (Å²) >= 11 is 11.2. The van der Waals surface area contributed by atoms with Crippen molar-refractivity contribution in [3.63, 3.8) is 0 Å². The van der Waals surface area contributed by atoms with Crippen molar-refractivity contribution >= 4 is 34.6 Å². The van der Waals surface area contributed by atoms with E-state index < -0.39 is 0 Å². The van der Waals surface area contributed by atoms with Crippen LogP contribution < -0.4 is 10.6 Å². The van der Waals surface area contributed by atoms with Gasteiger partial charge in [0.15, 0.2) is 5.11 Å². The van der Waals surface area contributed by atoms with E-state index in [1.54, 1.807) is 6.20 Å². The quantitative estimate of drug-likeness (QED) is 0.824. The van der Waals surface area contributed by atoms with Gasteiger partial charge in [-0.3, -0.25) is 4.68 Å². The van der Waals surface area contributed by atoms with E-state index in [0.29, 0.717) is 17.7 Å². The van der Waals surface area contributed by atoms with Crippen LogP contribution in [0.25, 0.3) is 0 Å². The van der Waals surface area contributed by atoms with E-state index in [2.05, 4.69) is 29.6 Å². The highest BCUT2D eigenvalue weighted by molar-refractivity contribution is 7.80. The third-order valence-electron chi connectivity index (χ3n) is 3.11. The van der Waals surface area contributed by atoms with E-state index in [9.17, 15) is 0 Å². The van der Waals surface area contributed by atoms with Crippen molar-refractivity contribution in [1.82, 2.24) is 15.1 Å². The van der Waals surface area contributed by atoms with E-state index in [1.165, 1.54) is 0 Å². The van der Waals surface area contributed by atoms with Crippen molar-refractivity contribution < 1.29 is 0 Å². The average Bonchev–Trinajstić information content (AvgIpc) is 2.85. The zero-order chi connectivity index (χ0) is 15.2. The Hall–Kier alpha value is -1.59. The molecule has 4 nitrogen and oxygen atoms in total. The summed E-state index contributed by atoms with van der Waals surface area (Å²) in [5.74, 6) is 0. The molecule has 0 radical (unpaired) electrons. The standard InChI is InChI=1S/C15H19ClN4S/c1-3-11(2)18-15(21)19-14-8-17-20(10-14)9-12-5-4-6-13(16)7-12/h4-8,10-11H,3,9H2,1-2H3,(H2,18,19,21). The van der Waals surface area contributed by atoms with Crippen molar-refractivity contribution in [2.45, 2.75) is 32.9 Å². The molecule has 0 saturated carbocycles. The highest BCUT2D eigenvalue weighted by atomic mass is 35.5. The molecule has 21 heavy (non-hydrogen) atoms. The van der Waals surface area contributed by atoms with Gasteiger partial charge in [-0.25, -0.2) is 0 Å². The molecule has 0 aliphatic carbocycles. The molecule has 0 bridgehead atoms. The number of benzene rings is 1. The first-order valence-electron chi connectivity index (χ1n) is 6.91. The van der Waals surface area contributed by atoms with E-state index in [4.69, 9.17) is 23.8 Å². The van der Waals surface area contributed by atoms with Crippen LogP contribution in [0.2, 0.25) is 5.02 Å². The number of hydrogen-bond donors (Lipinski definition) is 2. The summed E-state index contributed by atoms with van der Waals surface area (Å²) in [7, 11) is 0. The molecule has 6 heteroatoms. The Morgan fingerprint density at radius 2 is 2.29 bits per heavy atom. The van der Waals surface area contributed by atoms with Gasteiger partial charge in [0.05, 0.1) is 18.4 Å². The fourth-order valence-corrected chi connectivity index (χ4v) is 2.36. The molecule has 1 atom stereocenters. The monoisotopic (exact) mass is 322 g/mol. The van der Waals surface area contributed by atoms with Crippen LogP contribution in [0.1, 0.15) is 25.8 Å². The molecule has 0 amide bonds. The Bertz CT molecular complexity index is 611.